The predicted molar refractivity (Wildman–Crippen MR) is 309 cm³/mol. The van der Waals surface area contributed by atoms with Crippen molar-refractivity contribution in [3.05, 3.63) is 131 Å². The number of benzene rings is 4. The number of thioether (sulfide) groups is 2. The first-order valence-corrected chi connectivity index (χ1v) is 30.7. The molecular weight excluding hydrogens is 1020 g/mol. The van der Waals surface area contributed by atoms with E-state index in [0.717, 1.165) is 110 Å². The first-order valence-electron chi connectivity index (χ1n) is 27.9. The molecule has 14 nitrogen and oxygen atoms in total. The Bertz CT molecular complexity index is 2920. The molecule has 2 aliphatic heterocycles. The lowest BCUT2D eigenvalue weighted by molar-refractivity contribution is -0.135. The summed E-state index contributed by atoms with van der Waals surface area (Å²) in [5, 5.41) is 5.63. The number of H-pyrrole nitrogens is 2. The monoisotopic (exact) mass is 1090 g/mol. The molecular formula is C62H72N8O6S2. The molecule has 2 saturated carbocycles. The number of carbonyl (C=O) groups is 4. The van der Waals surface area contributed by atoms with Gasteiger partial charge in [0.15, 0.2) is 0 Å². The van der Waals surface area contributed by atoms with E-state index < -0.39 is 24.3 Å². The van der Waals surface area contributed by atoms with Crippen LogP contribution in [0.5, 0.6) is 0 Å². The Morgan fingerprint density at radius 3 is 1.38 bits per heavy atom. The first-order chi connectivity index (χ1) is 38.1. The molecule has 16 heteroatoms. The zero-order valence-electron chi connectivity index (χ0n) is 45.2. The number of hydrogen-bond donors (Lipinski definition) is 4. The molecule has 4 N–H and O–H groups in total. The molecule has 4 heterocycles. The molecule has 14 rings (SSSR count). The van der Waals surface area contributed by atoms with Gasteiger partial charge in [0.2, 0.25) is 11.8 Å². The number of nitrogens with zero attached hydrogens (tertiary/aromatic N) is 4. The molecule has 2 aromatic heterocycles. The van der Waals surface area contributed by atoms with Crippen molar-refractivity contribution in [3.8, 4) is 44.8 Å². The number of carbonyl (C=O) groups excluding carboxylic acids is 4. The SMILES string of the molecule is COC(=O)NC(CCSC)C(=O)N1CC2CCCC2C1c1ncc(-c2ccc(-c3cc4ccc3CCc3ccc(c(-c5ccc(-c6cnc(C7C8CCCC8CN7C(=O)C(CCSC)NC(=O)OC)[nH]6)cc5)c3)CC4)cc2)[nH]1. The molecule has 6 aliphatic carbocycles. The summed E-state index contributed by atoms with van der Waals surface area (Å²) in [7, 11) is 2.66. The molecule has 6 aromatic rings. The van der Waals surface area contributed by atoms with Crippen LogP contribution in [0.15, 0.2) is 97.3 Å². The molecule has 4 fully saturated rings. The van der Waals surface area contributed by atoms with Crippen LogP contribution in [-0.4, -0.2) is 117 Å². The number of fused-ring (bicyclic) bond motifs is 2. The Hall–Kier alpha value is -6.52. The first kappa shape index (κ1) is 53.5. The van der Waals surface area contributed by atoms with Crippen LogP contribution >= 0.6 is 23.5 Å². The average molecular weight is 1090 g/mol. The van der Waals surface area contributed by atoms with Crippen molar-refractivity contribution in [2.24, 2.45) is 23.7 Å². The van der Waals surface area contributed by atoms with Crippen LogP contribution < -0.4 is 10.6 Å². The van der Waals surface area contributed by atoms with E-state index in [-0.39, 0.29) is 23.9 Å². The zero-order chi connectivity index (χ0) is 53.9. The van der Waals surface area contributed by atoms with Crippen LogP contribution in [0.1, 0.15) is 97.4 Å². The van der Waals surface area contributed by atoms with Crippen molar-refractivity contribution < 1.29 is 28.7 Å². The standard InChI is InChI=1S/C62H72N8O6S2/c1-75-61(73)67-51(27-29-77-3)59(71)69-35-45-7-5-9-47(45)55(69)57-63-33-53(65-57)43-23-19-41(20-24-43)49-31-37-11-15-39(49)17-13-38-12-16-40(18-14-37)50(32-38)42-21-25-44(26-22-42)54-34-64-58(66-54)56-48-10-6-8-46(48)36-70(56)60(72)52(28-30-78-4)68-62(74)76-2/h11-12,15-16,19-26,31-34,45-48,51-52,55-56H,5-10,13-14,17-18,27-30,35-36H2,1-4H3,(H,63,65)(H,64,66)(H,67,73)(H,68,74). The van der Waals surface area contributed by atoms with Gasteiger partial charge in [0.25, 0.3) is 0 Å². The summed E-state index contributed by atoms with van der Waals surface area (Å²) >= 11 is 3.31. The number of aromatic amines is 2. The number of nitrogens with one attached hydrogen (secondary N) is 4. The lowest BCUT2D eigenvalue weighted by Gasteiger charge is -2.30. The van der Waals surface area contributed by atoms with Crippen molar-refractivity contribution in [3.63, 3.8) is 0 Å². The van der Waals surface area contributed by atoms with Gasteiger partial charge in [-0.05, 0) is 168 Å². The molecule has 8 atom stereocenters. The highest BCUT2D eigenvalue weighted by Gasteiger charge is 2.50. The molecule has 0 spiro atoms. The molecule has 4 bridgehead atoms. The summed E-state index contributed by atoms with van der Waals surface area (Å²) < 4.78 is 9.81. The van der Waals surface area contributed by atoms with Crippen molar-refractivity contribution >= 4 is 47.5 Å². The highest BCUT2D eigenvalue weighted by molar-refractivity contribution is 7.98. The molecule has 78 heavy (non-hydrogen) atoms. The van der Waals surface area contributed by atoms with Crippen molar-refractivity contribution in [1.29, 1.82) is 0 Å². The van der Waals surface area contributed by atoms with Gasteiger partial charge in [-0.1, -0.05) is 97.8 Å². The maximum absolute atomic E-state index is 14.2. The smallest absolute Gasteiger partial charge is 0.407 e. The van der Waals surface area contributed by atoms with E-state index in [9.17, 15) is 19.2 Å². The Labute approximate surface area is 466 Å². The topological polar surface area (TPSA) is 175 Å². The number of aromatic nitrogens is 4. The lowest BCUT2D eigenvalue weighted by Crippen LogP contribution is -2.49. The molecule has 8 unspecified atom stereocenters. The van der Waals surface area contributed by atoms with Crippen LogP contribution in [0.4, 0.5) is 9.59 Å². The van der Waals surface area contributed by atoms with Gasteiger partial charge in [-0.2, -0.15) is 23.5 Å². The number of ether oxygens (including phenoxy) is 2. The Balaban J connectivity index is 0.778. The van der Waals surface area contributed by atoms with Gasteiger partial charge >= 0.3 is 12.2 Å². The minimum absolute atomic E-state index is 0.0693. The average Bonchev–Trinajstić information content (AvgIpc) is 4.44. The van der Waals surface area contributed by atoms with Crippen LogP contribution in [0.3, 0.4) is 0 Å². The molecule has 2 saturated heterocycles. The normalized spacial score (nSPS) is 22.1. The van der Waals surface area contributed by atoms with Gasteiger partial charge in [-0.15, -0.1) is 0 Å². The number of imidazole rings is 2. The number of likely N-dealkylation sites (tertiary alicyclic amines) is 2. The van der Waals surface area contributed by atoms with Crippen molar-refractivity contribution in [2.45, 2.75) is 101 Å². The third-order valence-electron chi connectivity index (χ3n) is 17.6. The van der Waals surface area contributed by atoms with Gasteiger partial charge < -0.3 is 39.9 Å². The maximum atomic E-state index is 14.2. The third kappa shape index (κ3) is 11.1. The minimum Gasteiger partial charge on any atom is -0.453 e. The fourth-order valence-electron chi connectivity index (χ4n) is 13.6. The zero-order valence-corrected chi connectivity index (χ0v) is 46.9. The van der Waals surface area contributed by atoms with Crippen LogP contribution in [0.2, 0.25) is 0 Å². The second-order valence-electron chi connectivity index (χ2n) is 22.0. The number of alkyl carbamates (subject to hydrolysis) is 2. The minimum atomic E-state index is -0.655. The number of methoxy groups -OCH3 is 2. The molecule has 4 amide bonds. The summed E-state index contributed by atoms with van der Waals surface area (Å²) in [5.41, 5.74) is 14.1. The maximum Gasteiger partial charge on any atom is 0.407 e. The second kappa shape index (κ2) is 23.8. The van der Waals surface area contributed by atoms with Crippen LogP contribution in [0.25, 0.3) is 44.8 Å². The van der Waals surface area contributed by atoms with E-state index >= 15 is 0 Å². The summed E-state index contributed by atoms with van der Waals surface area (Å²) in [6.45, 7) is 1.34. The van der Waals surface area contributed by atoms with Gasteiger partial charge in [0.1, 0.15) is 23.7 Å². The van der Waals surface area contributed by atoms with Crippen LogP contribution in [0, 0.1) is 23.7 Å². The summed E-state index contributed by atoms with van der Waals surface area (Å²) in [4.78, 5) is 74.2. The summed E-state index contributed by atoms with van der Waals surface area (Å²) in [6.07, 6.45) is 17.9. The number of amides is 4. The van der Waals surface area contributed by atoms with E-state index in [0.29, 0.717) is 49.6 Å². The van der Waals surface area contributed by atoms with E-state index in [1.807, 2.05) is 34.7 Å². The molecule has 0 radical (unpaired) electrons. The highest BCUT2D eigenvalue weighted by atomic mass is 32.2. The summed E-state index contributed by atoms with van der Waals surface area (Å²) in [6, 6.07) is 30.0. The van der Waals surface area contributed by atoms with Gasteiger partial charge in [-0.25, -0.2) is 19.6 Å². The highest BCUT2D eigenvalue weighted by Crippen LogP contribution is 2.51. The second-order valence-corrected chi connectivity index (χ2v) is 24.0. The van der Waals surface area contributed by atoms with Crippen molar-refractivity contribution in [1.82, 2.24) is 40.4 Å². The third-order valence-corrected chi connectivity index (χ3v) is 18.9. The van der Waals surface area contributed by atoms with Crippen LogP contribution in [-0.2, 0) is 44.7 Å². The van der Waals surface area contributed by atoms with Gasteiger partial charge in [-0.3, -0.25) is 9.59 Å². The summed E-state index contributed by atoms with van der Waals surface area (Å²) in [5.74, 6) is 4.45. The Morgan fingerprint density at radius 1 is 0.577 bits per heavy atom. The number of hydrogen-bond acceptors (Lipinski definition) is 10. The fourth-order valence-corrected chi connectivity index (χ4v) is 14.5. The number of aryl methyl sites for hydroxylation is 4. The molecule has 8 aliphatic rings. The van der Waals surface area contributed by atoms with Gasteiger partial charge in [0, 0.05) is 13.1 Å². The number of rotatable bonds is 16. The quantitative estimate of drug-likeness (QED) is 0.0730. The van der Waals surface area contributed by atoms with Crippen molar-refractivity contribution in [2.75, 3.05) is 51.3 Å². The fraction of sp³-hybridized carbons (Fsp3) is 0.452. The van der Waals surface area contributed by atoms with E-state index in [1.165, 1.54) is 58.7 Å². The Morgan fingerprint density at radius 2 is 0.987 bits per heavy atom. The molecule has 408 valence electrons. The van der Waals surface area contributed by atoms with Gasteiger partial charge in [0.05, 0.1) is 50.1 Å². The molecule has 4 aromatic carbocycles. The van der Waals surface area contributed by atoms with E-state index in [4.69, 9.17) is 19.4 Å². The lowest BCUT2D eigenvalue weighted by atomic mass is 9.87. The Kier molecular flexibility index (Phi) is 16.3. The van der Waals surface area contributed by atoms with E-state index in [1.54, 1.807) is 23.5 Å². The predicted octanol–water partition coefficient (Wildman–Crippen LogP) is 11.2. The largest absolute Gasteiger partial charge is 0.453 e. The van der Waals surface area contributed by atoms with E-state index in [2.05, 4.69) is 106 Å².